The smallest absolute Gasteiger partial charge is 0.411 e. The zero-order valence-electron chi connectivity index (χ0n) is 15.3. The lowest BCUT2D eigenvalue weighted by Crippen LogP contribution is -2.15. The summed E-state index contributed by atoms with van der Waals surface area (Å²) in [5, 5.41) is 24.8. The Morgan fingerprint density at radius 1 is 1.17 bits per heavy atom. The van der Waals surface area contributed by atoms with Gasteiger partial charge in [-0.05, 0) is 54.1 Å². The molecule has 2 aromatic carbocycles. The molecule has 0 saturated carbocycles. The molecule has 30 heavy (non-hydrogen) atoms. The predicted octanol–water partition coefficient (Wildman–Crippen LogP) is 3.73. The number of benzene rings is 2. The molecule has 0 unspecified atom stereocenters. The molecule has 1 aliphatic rings. The van der Waals surface area contributed by atoms with Crippen LogP contribution in [0.4, 0.5) is 15.1 Å². The molecule has 4 aromatic rings. The molecule has 1 amide bonds. The van der Waals surface area contributed by atoms with Crippen LogP contribution in [0.2, 0.25) is 0 Å². The van der Waals surface area contributed by atoms with E-state index in [-0.39, 0.29) is 11.8 Å². The summed E-state index contributed by atoms with van der Waals surface area (Å²) >= 11 is 1.38. The Morgan fingerprint density at radius 2 is 2.00 bits per heavy atom. The lowest BCUT2D eigenvalue weighted by molar-refractivity contribution is 0.209. The highest BCUT2D eigenvalue weighted by Gasteiger charge is 2.20. The number of aryl methyl sites for hydroxylation is 1. The van der Waals surface area contributed by atoms with Crippen LogP contribution in [-0.2, 0) is 6.42 Å². The number of nitrogens with one attached hydrogen (secondary N) is 2. The van der Waals surface area contributed by atoms with Gasteiger partial charge in [0.15, 0.2) is 5.82 Å². The fourth-order valence-corrected chi connectivity index (χ4v) is 4.02. The Balaban J connectivity index is 1.44. The van der Waals surface area contributed by atoms with Crippen LogP contribution in [-0.4, -0.2) is 41.8 Å². The summed E-state index contributed by atoms with van der Waals surface area (Å²) in [5.74, 6) is 0.638. The van der Waals surface area contributed by atoms with Crippen molar-refractivity contribution in [1.29, 1.82) is 0 Å². The number of hydrogen-bond acceptors (Lipinski definition) is 6. The van der Waals surface area contributed by atoms with Gasteiger partial charge in [-0.1, -0.05) is 12.1 Å². The summed E-state index contributed by atoms with van der Waals surface area (Å²) in [5.41, 5.74) is 3.04. The second kappa shape index (κ2) is 7.26. The van der Waals surface area contributed by atoms with Gasteiger partial charge in [0.2, 0.25) is 11.1 Å². The molecule has 2 aromatic heterocycles. The predicted molar refractivity (Wildman–Crippen MR) is 109 cm³/mol. The molecule has 150 valence electrons. The lowest BCUT2D eigenvalue weighted by Gasteiger charge is -2.14. The van der Waals surface area contributed by atoms with Crippen molar-refractivity contribution < 1.29 is 14.3 Å². The molecular formula is C19H14FN7O2S. The highest BCUT2D eigenvalue weighted by molar-refractivity contribution is 7.99. The molecule has 0 bridgehead atoms. The van der Waals surface area contributed by atoms with Gasteiger partial charge in [-0.3, -0.25) is 5.32 Å². The SMILES string of the molecule is O=C(O)Nc1nc2ccc(Sc3nnc4n3N=C(c3ccc(F)cc3)CC4)cc2[nH]1. The van der Waals surface area contributed by atoms with Gasteiger partial charge in [-0.25, -0.2) is 14.2 Å². The maximum atomic E-state index is 13.2. The molecule has 0 aliphatic carbocycles. The first-order valence-corrected chi connectivity index (χ1v) is 9.82. The van der Waals surface area contributed by atoms with Gasteiger partial charge in [0, 0.05) is 11.3 Å². The number of anilines is 1. The normalized spacial score (nSPS) is 13.2. The van der Waals surface area contributed by atoms with Gasteiger partial charge in [0.1, 0.15) is 5.82 Å². The van der Waals surface area contributed by atoms with Gasteiger partial charge in [-0.15, -0.1) is 10.2 Å². The van der Waals surface area contributed by atoms with Crippen molar-refractivity contribution in [3.63, 3.8) is 0 Å². The van der Waals surface area contributed by atoms with Crippen LogP contribution in [0.1, 0.15) is 17.8 Å². The zero-order valence-corrected chi connectivity index (χ0v) is 16.1. The van der Waals surface area contributed by atoms with Crippen LogP contribution in [0, 0.1) is 5.82 Å². The topological polar surface area (TPSA) is 121 Å². The van der Waals surface area contributed by atoms with Crippen molar-refractivity contribution in [2.24, 2.45) is 5.10 Å². The molecule has 11 heteroatoms. The average molecular weight is 423 g/mol. The van der Waals surface area contributed by atoms with Crippen LogP contribution < -0.4 is 5.32 Å². The number of hydrogen-bond donors (Lipinski definition) is 3. The third-order valence-electron chi connectivity index (χ3n) is 4.55. The Bertz CT molecular complexity index is 1300. The summed E-state index contributed by atoms with van der Waals surface area (Å²) in [6.45, 7) is 0. The molecule has 0 radical (unpaired) electrons. The van der Waals surface area contributed by atoms with Crippen LogP contribution in [0.15, 0.2) is 57.6 Å². The largest absolute Gasteiger partial charge is 0.465 e. The number of H-pyrrole nitrogens is 1. The van der Waals surface area contributed by atoms with E-state index in [2.05, 4.69) is 30.6 Å². The van der Waals surface area contributed by atoms with Gasteiger partial charge in [0.05, 0.1) is 16.7 Å². The van der Waals surface area contributed by atoms with Crippen molar-refractivity contribution in [3.05, 3.63) is 59.7 Å². The molecular weight excluding hydrogens is 409 g/mol. The second-order valence-corrected chi connectivity index (χ2v) is 7.60. The van der Waals surface area contributed by atoms with E-state index >= 15 is 0 Å². The molecule has 1 aliphatic heterocycles. The van der Waals surface area contributed by atoms with E-state index in [1.54, 1.807) is 22.9 Å². The number of carboxylic acid groups (broad SMARTS) is 1. The van der Waals surface area contributed by atoms with E-state index in [0.717, 1.165) is 22.0 Å². The molecule has 0 spiro atoms. The van der Waals surface area contributed by atoms with Gasteiger partial charge >= 0.3 is 6.09 Å². The summed E-state index contributed by atoms with van der Waals surface area (Å²) < 4.78 is 14.9. The number of aromatic amines is 1. The lowest BCUT2D eigenvalue weighted by atomic mass is 10.0. The van der Waals surface area contributed by atoms with Crippen molar-refractivity contribution in [2.45, 2.75) is 22.9 Å². The number of halogens is 1. The number of rotatable bonds is 4. The van der Waals surface area contributed by atoms with Crippen LogP contribution in [0.3, 0.4) is 0 Å². The first-order valence-electron chi connectivity index (χ1n) is 9.01. The zero-order chi connectivity index (χ0) is 20.7. The molecule has 0 fully saturated rings. The van der Waals surface area contributed by atoms with Crippen LogP contribution in [0.5, 0.6) is 0 Å². The van der Waals surface area contributed by atoms with Gasteiger partial charge < -0.3 is 10.1 Å². The minimum atomic E-state index is -1.19. The number of aromatic nitrogens is 5. The summed E-state index contributed by atoms with van der Waals surface area (Å²) in [4.78, 5) is 18.7. The Hall–Kier alpha value is -3.73. The van der Waals surface area contributed by atoms with Gasteiger partial charge in [-0.2, -0.15) is 9.78 Å². The fourth-order valence-electron chi connectivity index (χ4n) is 3.18. The number of fused-ring (bicyclic) bond motifs is 2. The quantitative estimate of drug-likeness (QED) is 0.460. The molecule has 0 atom stereocenters. The third-order valence-corrected chi connectivity index (χ3v) is 5.47. The number of amides is 1. The van der Waals surface area contributed by atoms with E-state index in [1.807, 2.05) is 12.1 Å². The maximum Gasteiger partial charge on any atom is 0.411 e. The Morgan fingerprint density at radius 3 is 2.80 bits per heavy atom. The first kappa shape index (κ1) is 18.3. The molecule has 3 N–H and O–H groups in total. The molecule has 3 heterocycles. The standard InChI is InChI=1S/C19H14FN7O2S/c20-11-3-1-10(2-4-11)13-7-8-16-24-25-18(27(16)26-13)30-12-5-6-14-15(9-12)22-17(21-14)23-19(28)29/h1-6,9H,7-8H2,(H,28,29)(H2,21,22,23). The highest BCUT2D eigenvalue weighted by atomic mass is 32.2. The second-order valence-electron chi connectivity index (χ2n) is 6.56. The Labute approximate surface area is 173 Å². The van der Waals surface area contributed by atoms with Crippen LogP contribution in [0.25, 0.3) is 11.0 Å². The van der Waals surface area contributed by atoms with Crippen molar-refractivity contribution in [1.82, 2.24) is 24.8 Å². The van der Waals surface area contributed by atoms with E-state index < -0.39 is 6.09 Å². The fraction of sp³-hybridized carbons (Fsp3) is 0.105. The van der Waals surface area contributed by atoms with E-state index in [4.69, 9.17) is 5.11 Å². The average Bonchev–Trinajstić information content (AvgIpc) is 3.31. The first-order chi connectivity index (χ1) is 14.5. The summed E-state index contributed by atoms with van der Waals surface area (Å²) in [6, 6.07) is 11.8. The number of nitrogens with zero attached hydrogens (tertiary/aromatic N) is 5. The molecule has 5 rings (SSSR count). The minimum Gasteiger partial charge on any atom is -0.465 e. The van der Waals surface area contributed by atoms with E-state index in [0.29, 0.717) is 29.0 Å². The van der Waals surface area contributed by atoms with Gasteiger partial charge in [0.25, 0.3) is 0 Å². The van der Waals surface area contributed by atoms with Crippen molar-refractivity contribution in [2.75, 3.05) is 5.32 Å². The monoisotopic (exact) mass is 423 g/mol. The number of imidazole rings is 1. The Kier molecular flexibility index (Phi) is 4.43. The molecule has 0 saturated heterocycles. The maximum absolute atomic E-state index is 13.2. The van der Waals surface area contributed by atoms with E-state index in [1.165, 1.54) is 23.9 Å². The highest BCUT2D eigenvalue weighted by Crippen LogP contribution is 2.31. The van der Waals surface area contributed by atoms with Crippen molar-refractivity contribution in [3.8, 4) is 0 Å². The minimum absolute atomic E-state index is 0.160. The molecule has 9 nitrogen and oxygen atoms in total. The number of carbonyl (C=O) groups is 1. The third kappa shape index (κ3) is 3.50. The van der Waals surface area contributed by atoms with Crippen molar-refractivity contribution >= 4 is 40.5 Å². The van der Waals surface area contributed by atoms with Crippen LogP contribution >= 0.6 is 11.8 Å². The summed E-state index contributed by atoms with van der Waals surface area (Å²) in [6.07, 6.45) is 0.204. The summed E-state index contributed by atoms with van der Waals surface area (Å²) in [7, 11) is 0. The van der Waals surface area contributed by atoms with E-state index in [9.17, 15) is 9.18 Å².